The second-order valence-electron chi connectivity index (χ2n) is 6.53. The molecule has 2 heterocycles. The average Bonchev–Trinajstić information content (AvgIpc) is 2.58. The topological polar surface area (TPSA) is 61.8 Å². The van der Waals surface area contributed by atoms with E-state index in [1.54, 1.807) is 0 Å². The first-order valence-electron chi connectivity index (χ1n) is 6.69. The summed E-state index contributed by atoms with van der Waals surface area (Å²) in [6, 6.07) is 0.571. The van der Waals surface area contributed by atoms with Gasteiger partial charge in [-0.1, -0.05) is 20.8 Å². The number of amides is 1. The van der Waals surface area contributed by atoms with Gasteiger partial charge in [-0.05, 0) is 24.3 Å². The van der Waals surface area contributed by atoms with E-state index >= 15 is 0 Å². The van der Waals surface area contributed by atoms with Gasteiger partial charge in [0.1, 0.15) is 0 Å². The van der Waals surface area contributed by atoms with Gasteiger partial charge in [0.2, 0.25) is 0 Å². The van der Waals surface area contributed by atoms with Crippen LogP contribution in [0.15, 0.2) is 0 Å². The molecule has 2 N–H and O–H groups in total. The molecule has 0 aromatic rings. The predicted molar refractivity (Wildman–Crippen MR) is 68.7 cm³/mol. The highest BCUT2D eigenvalue weighted by molar-refractivity contribution is 5.65. The van der Waals surface area contributed by atoms with Gasteiger partial charge < -0.3 is 15.2 Å². The van der Waals surface area contributed by atoms with E-state index < -0.39 is 6.09 Å². The number of nitrogens with one attached hydrogen (secondary N) is 1. The zero-order valence-corrected chi connectivity index (χ0v) is 11.5. The number of ether oxygens (including phenoxy) is 1. The molecule has 0 aromatic carbocycles. The van der Waals surface area contributed by atoms with Crippen LogP contribution < -0.4 is 5.32 Å². The van der Waals surface area contributed by atoms with Crippen LogP contribution in [0.3, 0.4) is 0 Å². The van der Waals surface area contributed by atoms with Gasteiger partial charge in [-0.25, -0.2) is 4.79 Å². The Kier molecular flexibility index (Phi) is 3.82. The van der Waals surface area contributed by atoms with Crippen molar-refractivity contribution in [1.29, 1.82) is 0 Å². The van der Waals surface area contributed by atoms with Gasteiger partial charge >= 0.3 is 6.09 Å². The fourth-order valence-corrected chi connectivity index (χ4v) is 3.03. The SMILES string of the molecule is CC(C)(C)C(NC(=O)O)C1CCN(C2COC2)C1. The van der Waals surface area contributed by atoms with Crippen LogP contribution >= 0.6 is 0 Å². The van der Waals surface area contributed by atoms with E-state index in [9.17, 15) is 4.79 Å². The Morgan fingerprint density at radius 1 is 1.44 bits per heavy atom. The number of nitrogens with zero attached hydrogens (tertiary/aromatic N) is 1. The van der Waals surface area contributed by atoms with Gasteiger partial charge in [0.05, 0.1) is 19.3 Å². The van der Waals surface area contributed by atoms with E-state index in [4.69, 9.17) is 9.84 Å². The van der Waals surface area contributed by atoms with Crippen LogP contribution in [0.4, 0.5) is 4.79 Å². The van der Waals surface area contributed by atoms with E-state index in [2.05, 4.69) is 31.0 Å². The van der Waals surface area contributed by atoms with Crippen LogP contribution in [0.25, 0.3) is 0 Å². The zero-order chi connectivity index (χ0) is 13.3. The molecule has 0 spiro atoms. The van der Waals surface area contributed by atoms with Gasteiger partial charge in [0.15, 0.2) is 0 Å². The van der Waals surface area contributed by atoms with Crippen molar-refractivity contribution in [2.75, 3.05) is 26.3 Å². The minimum absolute atomic E-state index is 0.0148. The lowest BCUT2D eigenvalue weighted by molar-refractivity contribution is -0.0588. The Bertz CT molecular complexity index is 310. The lowest BCUT2D eigenvalue weighted by atomic mass is 9.78. The van der Waals surface area contributed by atoms with Crippen molar-refractivity contribution in [3.63, 3.8) is 0 Å². The van der Waals surface area contributed by atoms with Crippen LogP contribution in [0.1, 0.15) is 27.2 Å². The van der Waals surface area contributed by atoms with Crippen LogP contribution in [-0.2, 0) is 4.74 Å². The number of hydrogen-bond donors (Lipinski definition) is 2. The fourth-order valence-electron chi connectivity index (χ4n) is 3.03. The van der Waals surface area contributed by atoms with Crippen molar-refractivity contribution in [3.8, 4) is 0 Å². The second-order valence-corrected chi connectivity index (χ2v) is 6.53. The molecule has 2 aliphatic rings. The van der Waals surface area contributed by atoms with Crippen molar-refractivity contribution >= 4 is 6.09 Å². The van der Waals surface area contributed by atoms with Gasteiger partial charge in [-0.15, -0.1) is 0 Å². The summed E-state index contributed by atoms with van der Waals surface area (Å²) in [7, 11) is 0. The van der Waals surface area contributed by atoms with Crippen LogP contribution in [0.5, 0.6) is 0 Å². The predicted octanol–water partition coefficient (Wildman–Crippen LogP) is 1.39. The maximum atomic E-state index is 11.0. The Labute approximate surface area is 108 Å². The van der Waals surface area contributed by atoms with Crippen molar-refractivity contribution in [2.24, 2.45) is 11.3 Å². The molecule has 2 rings (SSSR count). The minimum atomic E-state index is -0.916. The highest BCUT2D eigenvalue weighted by Gasteiger charge is 2.40. The lowest BCUT2D eigenvalue weighted by Crippen LogP contribution is -2.51. The maximum absolute atomic E-state index is 11.0. The second kappa shape index (κ2) is 5.05. The number of carboxylic acid groups (broad SMARTS) is 1. The summed E-state index contributed by atoms with van der Waals surface area (Å²) in [4.78, 5) is 13.4. The molecular formula is C13H24N2O3. The molecule has 0 aliphatic carbocycles. The minimum Gasteiger partial charge on any atom is -0.465 e. The monoisotopic (exact) mass is 256 g/mol. The summed E-state index contributed by atoms with van der Waals surface area (Å²) >= 11 is 0. The number of carbonyl (C=O) groups is 1. The molecule has 2 aliphatic heterocycles. The van der Waals surface area contributed by atoms with Gasteiger partial charge in [-0.2, -0.15) is 0 Å². The van der Waals surface area contributed by atoms with Gasteiger partial charge in [0.25, 0.3) is 0 Å². The molecule has 104 valence electrons. The molecule has 0 radical (unpaired) electrons. The van der Waals surface area contributed by atoms with Gasteiger partial charge in [-0.3, -0.25) is 4.90 Å². The molecule has 2 atom stereocenters. The van der Waals surface area contributed by atoms with Crippen LogP contribution in [0.2, 0.25) is 0 Å². The summed E-state index contributed by atoms with van der Waals surface area (Å²) in [5.41, 5.74) is -0.0464. The average molecular weight is 256 g/mol. The summed E-state index contributed by atoms with van der Waals surface area (Å²) in [6.07, 6.45) is 0.152. The summed E-state index contributed by atoms with van der Waals surface area (Å²) < 4.78 is 5.22. The first-order valence-corrected chi connectivity index (χ1v) is 6.69. The van der Waals surface area contributed by atoms with Crippen LogP contribution in [-0.4, -0.2) is 54.5 Å². The number of rotatable bonds is 3. The van der Waals surface area contributed by atoms with Crippen LogP contribution in [0, 0.1) is 11.3 Å². The molecule has 5 heteroatoms. The van der Waals surface area contributed by atoms with Gasteiger partial charge in [0, 0.05) is 12.6 Å². The number of hydrogen-bond acceptors (Lipinski definition) is 3. The molecule has 0 bridgehead atoms. The molecule has 18 heavy (non-hydrogen) atoms. The Balaban J connectivity index is 1.96. The largest absolute Gasteiger partial charge is 0.465 e. The van der Waals surface area contributed by atoms with Crippen molar-refractivity contribution in [2.45, 2.75) is 39.3 Å². The van der Waals surface area contributed by atoms with Crippen molar-refractivity contribution in [1.82, 2.24) is 10.2 Å². The molecule has 0 saturated carbocycles. The first-order chi connectivity index (χ1) is 8.38. The molecule has 5 nitrogen and oxygen atoms in total. The Morgan fingerprint density at radius 3 is 2.56 bits per heavy atom. The zero-order valence-electron chi connectivity index (χ0n) is 11.5. The molecule has 2 saturated heterocycles. The van der Waals surface area contributed by atoms with E-state index in [-0.39, 0.29) is 11.5 Å². The third-order valence-corrected chi connectivity index (χ3v) is 4.08. The maximum Gasteiger partial charge on any atom is 0.404 e. The summed E-state index contributed by atoms with van der Waals surface area (Å²) in [5.74, 6) is 0.404. The highest BCUT2D eigenvalue weighted by Crippen LogP contribution is 2.32. The molecule has 2 fully saturated rings. The molecule has 0 aromatic heterocycles. The summed E-state index contributed by atoms with van der Waals surface area (Å²) in [5, 5.41) is 11.7. The quantitative estimate of drug-likeness (QED) is 0.801. The lowest BCUT2D eigenvalue weighted by Gasteiger charge is -2.37. The molecule has 2 unspecified atom stereocenters. The standard InChI is InChI=1S/C13H24N2O3/c1-13(2,3)11(14-12(16)17)9-4-5-15(6-9)10-7-18-8-10/h9-11,14H,4-8H2,1-3H3,(H,16,17). The highest BCUT2D eigenvalue weighted by atomic mass is 16.5. The molecule has 1 amide bonds. The third-order valence-electron chi connectivity index (χ3n) is 4.08. The van der Waals surface area contributed by atoms with Crippen molar-refractivity contribution < 1.29 is 14.6 Å². The van der Waals surface area contributed by atoms with E-state index in [0.29, 0.717) is 12.0 Å². The normalized spacial score (nSPS) is 27.8. The van der Waals surface area contributed by atoms with Crippen molar-refractivity contribution in [3.05, 3.63) is 0 Å². The fraction of sp³-hybridized carbons (Fsp3) is 0.923. The number of likely N-dealkylation sites (tertiary alicyclic amines) is 1. The summed E-state index contributed by atoms with van der Waals surface area (Å²) in [6.45, 7) is 10.0. The smallest absolute Gasteiger partial charge is 0.404 e. The van der Waals surface area contributed by atoms with E-state index in [1.165, 1.54) is 0 Å². The first kappa shape index (κ1) is 13.6. The Hall–Kier alpha value is -0.810. The Morgan fingerprint density at radius 2 is 2.11 bits per heavy atom. The van der Waals surface area contributed by atoms with E-state index in [1.807, 2.05) is 0 Å². The third kappa shape index (κ3) is 2.95. The molecular weight excluding hydrogens is 232 g/mol. The van der Waals surface area contributed by atoms with E-state index in [0.717, 1.165) is 32.7 Å².